The first-order valence-electron chi connectivity index (χ1n) is 6.64. The second-order valence-electron chi connectivity index (χ2n) is 4.96. The highest BCUT2D eigenvalue weighted by molar-refractivity contribution is 5.86. The first-order chi connectivity index (χ1) is 9.19. The van der Waals surface area contributed by atoms with Crippen molar-refractivity contribution >= 4 is 16.9 Å². The number of aryl methyl sites for hydroxylation is 1. The number of carbonyl (C=O) groups is 1. The van der Waals surface area contributed by atoms with E-state index in [0.717, 1.165) is 35.0 Å². The molecule has 0 saturated carbocycles. The summed E-state index contributed by atoms with van der Waals surface area (Å²) in [6, 6.07) is 4.74. The van der Waals surface area contributed by atoms with Crippen LogP contribution in [0.2, 0.25) is 0 Å². The SMILES string of the molecule is CCOC(=O)[C@@H]1CCc2[nH]c3ccc(F)cc3c2C1. The molecule has 1 atom stereocenters. The minimum Gasteiger partial charge on any atom is -0.466 e. The Hall–Kier alpha value is -1.84. The maximum absolute atomic E-state index is 13.4. The highest BCUT2D eigenvalue weighted by Gasteiger charge is 2.28. The zero-order valence-corrected chi connectivity index (χ0v) is 10.8. The average Bonchev–Trinajstić information content (AvgIpc) is 2.76. The van der Waals surface area contributed by atoms with Crippen LogP contribution < -0.4 is 0 Å². The lowest BCUT2D eigenvalue weighted by molar-refractivity contribution is -0.148. The van der Waals surface area contributed by atoms with Crippen LogP contribution in [0, 0.1) is 11.7 Å². The number of aromatic amines is 1. The van der Waals surface area contributed by atoms with Crippen LogP contribution in [-0.4, -0.2) is 17.6 Å². The number of nitrogens with one attached hydrogen (secondary N) is 1. The molecule has 1 N–H and O–H groups in total. The normalized spacial score (nSPS) is 18.3. The van der Waals surface area contributed by atoms with Gasteiger partial charge in [-0.25, -0.2) is 4.39 Å². The average molecular weight is 261 g/mol. The summed E-state index contributed by atoms with van der Waals surface area (Å²) in [7, 11) is 0. The fraction of sp³-hybridized carbons (Fsp3) is 0.400. The first kappa shape index (κ1) is 12.2. The molecule has 0 spiro atoms. The molecule has 4 heteroatoms. The molecular formula is C15H16FNO2. The summed E-state index contributed by atoms with van der Waals surface area (Å²) >= 11 is 0. The Morgan fingerprint density at radius 3 is 3.16 bits per heavy atom. The lowest BCUT2D eigenvalue weighted by atomic mass is 9.86. The summed E-state index contributed by atoms with van der Waals surface area (Å²) in [5.41, 5.74) is 3.14. The first-order valence-corrected chi connectivity index (χ1v) is 6.64. The Bertz CT molecular complexity index is 632. The maximum Gasteiger partial charge on any atom is 0.309 e. The number of benzene rings is 1. The van der Waals surface area contributed by atoms with Crippen molar-refractivity contribution in [3.8, 4) is 0 Å². The van der Waals surface area contributed by atoms with Crippen LogP contribution in [0.4, 0.5) is 4.39 Å². The van der Waals surface area contributed by atoms with Crippen molar-refractivity contribution in [1.29, 1.82) is 0 Å². The van der Waals surface area contributed by atoms with Gasteiger partial charge >= 0.3 is 5.97 Å². The summed E-state index contributed by atoms with van der Waals surface area (Å²) in [6.07, 6.45) is 2.24. The molecule has 1 aliphatic carbocycles. The highest BCUT2D eigenvalue weighted by Crippen LogP contribution is 2.32. The summed E-state index contributed by atoms with van der Waals surface area (Å²) in [5, 5.41) is 0.893. The van der Waals surface area contributed by atoms with Gasteiger partial charge in [0.15, 0.2) is 0 Å². The number of ether oxygens (including phenoxy) is 1. The van der Waals surface area contributed by atoms with E-state index in [1.807, 2.05) is 6.92 Å². The molecule has 0 bridgehead atoms. The van der Waals surface area contributed by atoms with Crippen molar-refractivity contribution in [2.45, 2.75) is 26.2 Å². The molecule has 0 amide bonds. The van der Waals surface area contributed by atoms with Crippen molar-refractivity contribution in [1.82, 2.24) is 4.98 Å². The van der Waals surface area contributed by atoms with Crippen molar-refractivity contribution in [2.75, 3.05) is 6.61 Å². The van der Waals surface area contributed by atoms with Gasteiger partial charge in [-0.05, 0) is 49.9 Å². The van der Waals surface area contributed by atoms with E-state index >= 15 is 0 Å². The van der Waals surface area contributed by atoms with E-state index in [9.17, 15) is 9.18 Å². The minimum atomic E-state index is -0.243. The van der Waals surface area contributed by atoms with Gasteiger partial charge in [0, 0.05) is 16.6 Å². The Morgan fingerprint density at radius 2 is 2.37 bits per heavy atom. The number of hydrogen-bond acceptors (Lipinski definition) is 2. The predicted octanol–water partition coefficient (Wildman–Crippen LogP) is 2.98. The third kappa shape index (κ3) is 2.11. The van der Waals surface area contributed by atoms with Crippen LogP contribution >= 0.6 is 0 Å². The van der Waals surface area contributed by atoms with E-state index < -0.39 is 0 Å². The fourth-order valence-corrected chi connectivity index (χ4v) is 2.85. The quantitative estimate of drug-likeness (QED) is 0.844. The van der Waals surface area contributed by atoms with Crippen molar-refractivity contribution in [3.05, 3.63) is 35.3 Å². The summed E-state index contributed by atoms with van der Waals surface area (Å²) in [5.74, 6) is -0.485. The summed E-state index contributed by atoms with van der Waals surface area (Å²) in [4.78, 5) is 15.1. The van der Waals surface area contributed by atoms with Crippen molar-refractivity contribution < 1.29 is 13.9 Å². The topological polar surface area (TPSA) is 42.1 Å². The molecular weight excluding hydrogens is 245 g/mol. The number of esters is 1. The molecule has 2 aromatic rings. The molecule has 100 valence electrons. The van der Waals surface area contributed by atoms with Gasteiger partial charge in [0.1, 0.15) is 5.82 Å². The lowest BCUT2D eigenvalue weighted by Gasteiger charge is -2.20. The van der Waals surface area contributed by atoms with E-state index in [-0.39, 0.29) is 17.7 Å². The lowest BCUT2D eigenvalue weighted by Crippen LogP contribution is -2.24. The molecule has 1 heterocycles. The van der Waals surface area contributed by atoms with E-state index in [2.05, 4.69) is 4.98 Å². The Balaban J connectivity index is 1.97. The summed E-state index contributed by atoms with van der Waals surface area (Å²) < 4.78 is 18.4. The van der Waals surface area contributed by atoms with Gasteiger partial charge < -0.3 is 9.72 Å². The molecule has 19 heavy (non-hydrogen) atoms. The zero-order chi connectivity index (χ0) is 13.4. The van der Waals surface area contributed by atoms with Gasteiger partial charge in [-0.3, -0.25) is 4.79 Å². The number of rotatable bonds is 2. The van der Waals surface area contributed by atoms with Crippen LogP contribution in [-0.2, 0) is 22.4 Å². The van der Waals surface area contributed by atoms with Crippen LogP contribution in [0.3, 0.4) is 0 Å². The Labute approximate surface area is 110 Å². The third-order valence-corrected chi connectivity index (χ3v) is 3.77. The molecule has 1 aliphatic rings. The third-order valence-electron chi connectivity index (χ3n) is 3.77. The van der Waals surface area contributed by atoms with E-state index in [1.54, 1.807) is 6.07 Å². The van der Waals surface area contributed by atoms with E-state index in [1.165, 1.54) is 12.1 Å². The second kappa shape index (κ2) is 4.68. The van der Waals surface area contributed by atoms with Gasteiger partial charge in [-0.15, -0.1) is 0 Å². The van der Waals surface area contributed by atoms with Crippen molar-refractivity contribution in [3.63, 3.8) is 0 Å². The molecule has 3 nitrogen and oxygen atoms in total. The van der Waals surface area contributed by atoms with Gasteiger partial charge in [-0.1, -0.05) is 0 Å². The fourth-order valence-electron chi connectivity index (χ4n) is 2.85. The molecule has 0 radical (unpaired) electrons. The summed E-state index contributed by atoms with van der Waals surface area (Å²) in [6.45, 7) is 2.22. The number of hydrogen-bond donors (Lipinski definition) is 1. The van der Waals surface area contributed by atoms with Gasteiger partial charge in [-0.2, -0.15) is 0 Å². The number of H-pyrrole nitrogens is 1. The minimum absolute atomic E-state index is 0.102. The Kier molecular flexibility index (Phi) is 3.01. The standard InChI is InChI=1S/C15H16FNO2/c1-2-19-15(18)9-3-5-13-11(7-9)12-8-10(16)4-6-14(12)17-13/h4,6,8-9,17H,2-3,5,7H2,1H3/t9-/m1/s1. The van der Waals surface area contributed by atoms with Crippen LogP contribution in [0.5, 0.6) is 0 Å². The van der Waals surface area contributed by atoms with Gasteiger partial charge in [0.2, 0.25) is 0 Å². The van der Waals surface area contributed by atoms with Crippen LogP contribution in [0.25, 0.3) is 10.9 Å². The molecule has 1 aromatic heterocycles. The Morgan fingerprint density at radius 1 is 1.53 bits per heavy atom. The number of carbonyl (C=O) groups excluding carboxylic acids is 1. The maximum atomic E-state index is 13.4. The molecule has 0 aliphatic heterocycles. The van der Waals surface area contributed by atoms with Gasteiger partial charge in [0.05, 0.1) is 12.5 Å². The predicted molar refractivity (Wildman–Crippen MR) is 70.4 cm³/mol. The van der Waals surface area contributed by atoms with E-state index in [4.69, 9.17) is 4.74 Å². The zero-order valence-electron chi connectivity index (χ0n) is 10.8. The largest absolute Gasteiger partial charge is 0.466 e. The van der Waals surface area contributed by atoms with Crippen LogP contribution in [0.15, 0.2) is 18.2 Å². The molecule has 0 saturated heterocycles. The smallest absolute Gasteiger partial charge is 0.309 e. The molecule has 1 aromatic carbocycles. The second-order valence-corrected chi connectivity index (χ2v) is 4.96. The number of halogens is 1. The van der Waals surface area contributed by atoms with Crippen LogP contribution in [0.1, 0.15) is 24.6 Å². The van der Waals surface area contributed by atoms with Gasteiger partial charge in [0.25, 0.3) is 0 Å². The highest BCUT2D eigenvalue weighted by atomic mass is 19.1. The molecule has 0 fully saturated rings. The molecule has 3 rings (SSSR count). The van der Waals surface area contributed by atoms with Crippen molar-refractivity contribution in [2.24, 2.45) is 5.92 Å². The molecule has 0 unspecified atom stereocenters. The number of fused-ring (bicyclic) bond motifs is 3. The number of aromatic nitrogens is 1. The van der Waals surface area contributed by atoms with E-state index in [0.29, 0.717) is 13.0 Å². The monoisotopic (exact) mass is 261 g/mol.